The lowest BCUT2D eigenvalue weighted by Gasteiger charge is -2.17. The minimum atomic E-state index is -0.932. The van der Waals surface area contributed by atoms with Gasteiger partial charge in [-0.1, -0.05) is 13.0 Å². The topological polar surface area (TPSA) is 34.1 Å². The minimum Gasteiger partial charge on any atom is -0.300 e. The third-order valence-electron chi connectivity index (χ3n) is 3.14. The van der Waals surface area contributed by atoms with Gasteiger partial charge < -0.3 is 0 Å². The predicted molar refractivity (Wildman–Crippen MR) is 68.5 cm³/mol. The summed E-state index contributed by atoms with van der Waals surface area (Å²) in [4.78, 5) is 11.2. The molecule has 3 heteroatoms. The second kappa shape index (κ2) is 5.26. The Bertz CT molecular complexity index is 312. The van der Waals surface area contributed by atoms with Crippen LogP contribution in [0.4, 0.5) is 0 Å². The Kier molecular flexibility index (Phi) is 4.48. The summed E-state index contributed by atoms with van der Waals surface area (Å²) < 4.78 is 11.6. The molecule has 1 rings (SSSR count). The maximum atomic E-state index is 11.8. The summed E-state index contributed by atoms with van der Waals surface area (Å²) in [5, 5.41) is 1.80. The molecular formula is C13H22O2S. The van der Waals surface area contributed by atoms with E-state index in [0.717, 1.165) is 12.8 Å². The Balaban J connectivity index is 2.51. The van der Waals surface area contributed by atoms with Gasteiger partial charge in [-0.15, -0.1) is 0 Å². The van der Waals surface area contributed by atoms with E-state index in [-0.39, 0.29) is 4.75 Å². The summed E-state index contributed by atoms with van der Waals surface area (Å²) in [6, 6.07) is 0. The van der Waals surface area contributed by atoms with Crippen LogP contribution in [0, 0.1) is 11.8 Å². The van der Waals surface area contributed by atoms with E-state index in [1.165, 1.54) is 0 Å². The number of carbonyl (C=O) groups excluding carboxylic acids is 1. The first-order valence-corrected chi connectivity index (χ1v) is 7.12. The first-order chi connectivity index (χ1) is 7.30. The molecule has 0 bridgehead atoms. The van der Waals surface area contributed by atoms with Crippen LogP contribution >= 0.6 is 0 Å². The molecule has 0 aromatic heterocycles. The summed E-state index contributed by atoms with van der Waals surface area (Å²) in [5.74, 6) is 1.20. The van der Waals surface area contributed by atoms with Crippen LogP contribution in [0.15, 0.2) is 11.5 Å². The first-order valence-electron chi connectivity index (χ1n) is 5.91. The molecule has 2 nitrogen and oxygen atoms in total. The molecular weight excluding hydrogens is 220 g/mol. The average Bonchev–Trinajstić information content (AvgIpc) is 2.59. The Morgan fingerprint density at radius 3 is 2.50 bits per heavy atom. The predicted octanol–water partition coefficient (Wildman–Crippen LogP) is 3.05. The second-order valence-corrected chi connectivity index (χ2v) is 7.73. The van der Waals surface area contributed by atoms with Crippen molar-refractivity contribution in [3.63, 3.8) is 0 Å². The number of ketones is 1. The van der Waals surface area contributed by atoms with Crippen molar-refractivity contribution in [2.24, 2.45) is 11.8 Å². The number of rotatable bonds is 3. The molecule has 1 unspecified atom stereocenters. The van der Waals surface area contributed by atoms with Crippen LogP contribution in [-0.2, 0) is 15.6 Å². The largest absolute Gasteiger partial charge is 0.300 e. The highest BCUT2D eigenvalue weighted by atomic mass is 32.2. The number of hydrogen-bond acceptors (Lipinski definition) is 2. The summed E-state index contributed by atoms with van der Waals surface area (Å²) in [6.45, 7) is 8.02. The molecule has 1 fully saturated rings. The van der Waals surface area contributed by atoms with Crippen molar-refractivity contribution in [2.45, 2.75) is 51.7 Å². The quantitative estimate of drug-likeness (QED) is 0.762. The Labute approximate surface area is 101 Å². The fourth-order valence-corrected chi connectivity index (χ4v) is 2.65. The molecule has 0 aliphatic heterocycles. The smallest absolute Gasteiger partial charge is 0.133 e. The van der Waals surface area contributed by atoms with Gasteiger partial charge in [0, 0.05) is 17.6 Å². The third-order valence-corrected chi connectivity index (χ3v) is 4.75. The lowest BCUT2D eigenvalue weighted by molar-refractivity contribution is -0.117. The molecule has 92 valence electrons. The van der Waals surface area contributed by atoms with E-state index in [1.54, 1.807) is 5.41 Å². The van der Waals surface area contributed by atoms with Crippen LogP contribution < -0.4 is 0 Å². The zero-order valence-corrected chi connectivity index (χ0v) is 11.5. The summed E-state index contributed by atoms with van der Waals surface area (Å²) >= 11 is 0. The van der Waals surface area contributed by atoms with Crippen molar-refractivity contribution in [2.75, 3.05) is 0 Å². The normalized spacial score (nSPS) is 26.2. The van der Waals surface area contributed by atoms with Crippen molar-refractivity contribution < 1.29 is 9.00 Å². The number of Topliss-reactive ketones (excluding diaryl/α,β-unsaturated/α-hetero) is 1. The highest BCUT2D eigenvalue weighted by Crippen LogP contribution is 2.30. The Hall–Kier alpha value is -0.440. The molecule has 1 aliphatic rings. The van der Waals surface area contributed by atoms with Crippen molar-refractivity contribution in [3.05, 3.63) is 11.5 Å². The van der Waals surface area contributed by atoms with Gasteiger partial charge in [0.25, 0.3) is 0 Å². The molecule has 1 aliphatic carbocycles. The molecule has 0 spiro atoms. The third kappa shape index (κ3) is 3.85. The first kappa shape index (κ1) is 13.6. The maximum absolute atomic E-state index is 11.8. The van der Waals surface area contributed by atoms with Crippen LogP contribution in [0.3, 0.4) is 0 Å². The van der Waals surface area contributed by atoms with Crippen LogP contribution in [0.1, 0.15) is 47.0 Å². The number of hydrogen-bond donors (Lipinski definition) is 0. The Morgan fingerprint density at radius 2 is 2.06 bits per heavy atom. The van der Waals surface area contributed by atoms with Crippen LogP contribution in [0.2, 0.25) is 0 Å². The molecule has 0 saturated heterocycles. The fourth-order valence-electron chi connectivity index (χ4n) is 1.85. The fraction of sp³-hybridized carbons (Fsp3) is 0.769. The van der Waals surface area contributed by atoms with E-state index in [9.17, 15) is 9.00 Å². The molecule has 0 N–H and O–H groups in total. The van der Waals surface area contributed by atoms with Crippen LogP contribution in [-0.4, -0.2) is 14.7 Å². The molecule has 16 heavy (non-hydrogen) atoms. The van der Waals surface area contributed by atoms with Crippen molar-refractivity contribution in [3.8, 4) is 0 Å². The van der Waals surface area contributed by atoms with Gasteiger partial charge in [0.15, 0.2) is 0 Å². The zero-order chi connectivity index (χ0) is 12.3. The second-order valence-electron chi connectivity index (χ2n) is 5.64. The van der Waals surface area contributed by atoms with Crippen molar-refractivity contribution in [1.29, 1.82) is 0 Å². The van der Waals surface area contributed by atoms with Crippen molar-refractivity contribution >= 4 is 16.6 Å². The van der Waals surface area contributed by atoms with E-state index < -0.39 is 10.8 Å². The lowest BCUT2D eigenvalue weighted by atomic mass is 9.93. The van der Waals surface area contributed by atoms with E-state index in [1.807, 2.05) is 26.8 Å². The van der Waals surface area contributed by atoms with Gasteiger partial charge in [0.1, 0.15) is 5.78 Å². The van der Waals surface area contributed by atoms with Gasteiger partial charge in [-0.3, -0.25) is 9.00 Å². The molecule has 0 amide bonds. The minimum absolute atomic E-state index is 0.193. The SMILES string of the molecule is C[C@H](/C=C/S(=O)C(C)(C)C)[C@H]1CCC(=O)C1. The molecule has 0 aromatic carbocycles. The summed E-state index contributed by atoms with van der Waals surface area (Å²) in [5.41, 5.74) is 0. The van der Waals surface area contributed by atoms with Gasteiger partial charge in [-0.2, -0.15) is 0 Å². The van der Waals surface area contributed by atoms with Crippen molar-refractivity contribution in [1.82, 2.24) is 0 Å². The van der Waals surface area contributed by atoms with E-state index in [0.29, 0.717) is 24.0 Å². The standard InChI is InChI=1S/C13H22O2S/c1-10(11-5-6-12(14)9-11)7-8-16(15)13(2,3)4/h7-8,10-11H,5-6,9H2,1-4H3/b8-7+/t10-,11+,16?/m1/s1. The lowest BCUT2D eigenvalue weighted by Crippen LogP contribution is -2.19. The van der Waals surface area contributed by atoms with E-state index in [4.69, 9.17) is 0 Å². The molecule has 3 atom stereocenters. The van der Waals surface area contributed by atoms with E-state index >= 15 is 0 Å². The molecule has 1 saturated carbocycles. The Morgan fingerprint density at radius 1 is 1.44 bits per heavy atom. The number of carbonyl (C=O) groups is 1. The van der Waals surface area contributed by atoms with Crippen LogP contribution in [0.25, 0.3) is 0 Å². The van der Waals surface area contributed by atoms with Gasteiger partial charge in [-0.05, 0) is 44.4 Å². The summed E-state index contributed by atoms with van der Waals surface area (Å²) in [7, 11) is -0.932. The average molecular weight is 242 g/mol. The van der Waals surface area contributed by atoms with Gasteiger partial charge in [0.05, 0.1) is 10.8 Å². The van der Waals surface area contributed by atoms with E-state index in [2.05, 4.69) is 6.92 Å². The molecule has 0 aromatic rings. The van der Waals surface area contributed by atoms with Gasteiger partial charge in [0.2, 0.25) is 0 Å². The zero-order valence-electron chi connectivity index (χ0n) is 10.7. The molecule has 0 heterocycles. The highest BCUT2D eigenvalue weighted by Gasteiger charge is 2.26. The summed E-state index contributed by atoms with van der Waals surface area (Å²) in [6.07, 6.45) is 4.44. The van der Waals surface area contributed by atoms with Crippen LogP contribution in [0.5, 0.6) is 0 Å². The van der Waals surface area contributed by atoms with Gasteiger partial charge in [-0.25, -0.2) is 0 Å². The number of allylic oxidation sites excluding steroid dienone is 1. The molecule has 0 radical (unpaired) electrons. The monoisotopic (exact) mass is 242 g/mol. The highest BCUT2D eigenvalue weighted by molar-refractivity contribution is 7.89. The maximum Gasteiger partial charge on any atom is 0.133 e. The van der Waals surface area contributed by atoms with Gasteiger partial charge >= 0.3 is 0 Å².